The van der Waals surface area contributed by atoms with E-state index in [1.807, 2.05) is 0 Å². The molecule has 7 heteroatoms. The van der Waals surface area contributed by atoms with Crippen LogP contribution < -0.4 is 0 Å². The van der Waals surface area contributed by atoms with Gasteiger partial charge < -0.3 is 20.4 Å². The van der Waals surface area contributed by atoms with Crippen molar-refractivity contribution in [1.82, 2.24) is 0 Å². The van der Waals surface area contributed by atoms with Crippen molar-refractivity contribution >= 4 is 37.8 Å². The van der Waals surface area contributed by atoms with Gasteiger partial charge in [-0.25, -0.2) is 4.79 Å². The van der Waals surface area contributed by atoms with Crippen LogP contribution in [0.1, 0.15) is 10.4 Å². The number of carbonyl (C=O) groups is 1. The third-order valence-electron chi connectivity index (χ3n) is 1.52. The van der Waals surface area contributed by atoms with Gasteiger partial charge in [-0.05, 0) is 31.9 Å². The van der Waals surface area contributed by atoms with Crippen LogP contribution in [0.15, 0.2) is 8.95 Å². The topological polar surface area (TPSA) is 98.0 Å². The van der Waals surface area contributed by atoms with Gasteiger partial charge in [-0.3, -0.25) is 0 Å². The van der Waals surface area contributed by atoms with E-state index in [1.54, 1.807) is 0 Å². The summed E-state index contributed by atoms with van der Waals surface area (Å²) in [5.74, 6) is -3.57. The standard InChI is InChI=1S/C7H4Br2O5/c8-2-1(7(13)14)3(9)5(11)6(12)4(2)10/h10-12H,(H,13,14). The Balaban J connectivity index is 3.68. The number of phenolic OH excluding ortho intramolecular Hbond substituents is 3. The number of aromatic carboxylic acids is 1. The largest absolute Gasteiger partial charge is 0.503 e. The predicted octanol–water partition coefficient (Wildman–Crippen LogP) is 2.03. The molecule has 0 aromatic heterocycles. The van der Waals surface area contributed by atoms with Crippen LogP contribution >= 0.6 is 31.9 Å². The molecule has 0 atom stereocenters. The lowest BCUT2D eigenvalue weighted by atomic mass is 10.2. The summed E-state index contributed by atoms with van der Waals surface area (Å²) >= 11 is 5.57. The number of hydrogen-bond acceptors (Lipinski definition) is 4. The van der Waals surface area contributed by atoms with Crippen molar-refractivity contribution in [2.45, 2.75) is 0 Å². The first-order valence-corrected chi connectivity index (χ1v) is 4.81. The van der Waals surface area contributed by atoms with Crippen LogP contribution in [0.25, 0.3) is 0 Å². The first-order valence-electron chi connectivity index (χ1n) is 3.23. The third-order valence-corrected chi connectivity index (χ3v) is 3.06. The van der Waals surface area contributed by atoms with Gasteiger partial charge in [0.1, 0.15) is 0 Å². The van der Waals surface area contributed by atoms with Gasteiger partial charge in [0.15, 0.2) is 11.5 Å². The molecule has 0 aliphatic rings. The van der Waals surface area contributed by atoms with Crippen molar-refractivity contribution in [2.24, 2.45) is 0 Å². The van der Waals surface area contributed by atoms with Gasteiger partial charge in [-0.15, -0.1) is 0 Å². The van der Waals surface area contributed by atoms with E-state index in [4.69, 9.17) is 10.2 Å². The molecule has 0 aliphatic carbocycles. The fourth-order valence-corrected chi connectivity index (χ4v) is 2.22. The molecule has 0 heterocycles. The number of halogens is 2. The fourth-order valence-electron chi connectivity index (χ4n) is 0.841. The molecule has 0 unspecified atom stereocenters. The Hall–Kier alpha value is -0.950. The Bertz CT molecular complexity index is 386. The summed E-state index contributed by atoms with van der Waals surface area (Å²) in [5.41, 5.74) is -0.363. The Morgan fingerprint density at radius 2 is 1.29 bits per heavy atom. The Kier molecular flexibility index (Phi) is 2.91. The summed E-state index contributed by atoms with van der Waals surface area (Å²) in [7, 11) is 0. The van der Waals surface area contributed by atoms with E-state index < -0.39 is 23.2 Å². The van der Waals surface area contributed by atoms with Gasteiger partial charge in [0.05, 0.1) is 14.5 Å². The number of hydrogen-bond donors (Lipinski definition) is 4. The second-order valence-electron chi connectivity index (χ2n) is 2.35. The molecule has 0 amide bonds. The van der Waals surface area contributed by atoms with Gasteiger partial charge >= 0.3 is 5.97 Å². The second kappa shape index (κ2) is 3.66. The van der Waals surface area contributed by atoms with Gasteiger partial charge in [0.2, 0.25) is 5.75 Å². The van der Waals surface area contributed by atoms with Crippen LogP contribution in [0.5, 0.6) is 17.2 Å². The number of carboxylic acids is 1. The number of carboxylic acid groups (broad SMARTS) is 1. The van der Waals surface area contributed by atoms with E-state index in [2.05, 4.69) is 31.9 Å². The first kappa shape index (κ1) is 11.1. The van der Waals surface area contributed by atoms with Crippen LogP contribution in [0.3, 0.4) is 0 Å². The molecular formula is C7H4Br2O5. The van der Waals surface area contributed by atoms with Crippen molar-refractivity contribution in [1.29, 1.82) is 0 Å². The molecule has 0 fully saturated rings. The Morgan fingerprint density at radius 1 is 0.929 bits per heavy atom. The summed E-state index contributed by atoms with van der Waals surface area (Å²) in [6.07, 6.45) is 0. The molecule has 1 rings (SSSR count). The van der Waals surface area contributed by atoms with Crippen molar-refractivity contribution < 1.29 is 25.2 Å². The maximum atomic E-state index is 10.7. The number of benzene rings is 1. The zero-order valence-corrected chi connectivity index (χ0v) is 9.63. The molecule has 76 valence electrons. The quantitative estimate of drug-likeness (QED) is 0.592. The second-order valence-corrected chi connectivity index (χ2v) is 3.94. The molecule has 0 spiro atoms. The minimum absolute atomic E-state index is 0.202. The van der Waals surface area contributed by atoms with Crippen molar-refractivity contribution in [3.05, 3.63) is 14.5 Å². The van der Waals surface area contributed by atoms with E-state index in [-0.39, 0.29) is 14.5 Å². The van der Waals surface area contributed by atoms with Gasteiger partial charge in [-0.2, -0.15) is 0 Å². The van der Waals surface area contributed by atoms with Gasteiger partial charge in [0.25, 0.3) is 0 Å². The van der Waals surface area contributed by atoms with E-state index in [1.165, 1.54) is 0 Å². The minimum atomic E-state index is -1.35. The predicted molar refractivity (Wildman–Crippen MR) is 53.8 cm³/mol. The molecule has 5 nitrogen and oxygen atoms in total. The highest BCUT2D eigenvalue weighted by atomic mass is 79.9. The average Bonchev–Trinajstić information content (AvgIpc) is 2.11. The van der Waals surface area contributed by atoms with Gasteiger partial charge in [-0.1, -0.05) is 0 Å². The molecule has 1 aromatic rings. The lowest BCUT2D eigenvalue weighted by molar-refractivity contribution is 0.0693. The summed E-state index contributed by atoms with van der Waals surface area (Å²) in [6.45, 7) is 0. The lowest BCUT2D eigenvalue weighted by Crippen LogP contribution is -1.99. The van der Waals surface area contributed by atoms with E-state index >= 15 is 0 Å². The minimum Gasteiger partial charge on any atom is -0.503 e. The number of rotatable bonds is 1. The van der Waals surface area contributed by atoms with Crippen LogP contribution in [0.2, 0.25) is 0 Å². The highest BCUT2D eigenvalue weighted by molar-refractivity contribution is 9.11. The zero-order valence-electron chi connectivity index (χ0n) is 6.45. The van der Waals surface area contributed by atoms with E-state index in [0.717, 1.165) is 0 Å². The Morgan fingerprint density at radius 3 is 1.57 bits per heavy atom. The van der Waals surface area contributed by atoms with Crippen LogP contribution in [0.4, 0.5) is 0 Å². The summed E-state index contributed by atoms with van der Waals surface area (Å²) < 4.78 is -0.403. The normalized spacial score (nSPS) is 10.1. The summed E-state index contributed by atoms with van der Waals surface area (Å²) in [6, 6.07) is 0. The fraction of sp³-hybridized carbons (Fsp3) is 0. The third kappa shape index (κ3) is 1.53. The summed E-state index contributed by atoms with van der Waals surface area (Å²) in [4.78, 5) is 10.7. The molecule has 0 saturated carbocycles. The monoisotopic (exact) mass is 326 g/mol. The number of aromatic hydroxyl groups is 3. The first-order chi connectivity index (χ1) is 6.37. The van der Waals surface area contributed by atoms with Gasteiger partial charge in [0, 0.05) is 0 Å². The van der Waals surface area contributed by atoms with Crippen LogP contribution in [-0.4, -0.2) is 26.4 Å². The SMILES string of the molecule is O=C(O)c1c(Br)c(O)c(O)c(O)c1Br. The highest BCUT2D eigenvalue weighted by Crippen LogP contribution is 2.48. The van der Waals surface area contributed by atoms with Crippen molar-refractivity contribution in [2.75, 3.05) is 0 Å². The molecular weight excluding hydrogens is 324 g/mol. The van der Waals surface area contributed by atoms with Crippen molar-refractivity contribution in [3.8, 4) is 17.2 Å². The van der Waals surface area contributed by atoms with Crippen LogP contribution in [-0.2, 0) is 0 Å². The van der Waals surface area contributed by atoms with Crippen molar-refractivity contribution in [3.63, 3.8) is 0 Å². The highest BCUT2D eigenvalue weighted by Gasteiger charge is 2.24. The molecule has 0 bridgehead atoms. The molecule has 4 N–H and O–H groups in total. The molecule has 0 aliphatic heterocycles. The van der Waals surface area contributed by atoms with Crippen LogP contribution in [0, 0.1) is 0 Å². The zero-order chi connectivity index (χ0) is 11.0. The molecule has 0 saturated heterocycles. The van der Waals surface area contributed by atoms with E-state index in [0.29, 0.717) is 0 Å². The Labute approximate surface area is 94.9 Å². The molecule has 1 aromatic carbocycles. The summed E-state index contributed by atoms with van der Waals surface area (Å²) in [5, 5.41) is 36.2. The smallest absolute Gasteiger partial charge is 0.338 e. The maximum absolute atomic E-state index is 10.7. The maximum Gasteiger partial charge on any atom is 0.338 e. The lowest BCUT2D eigenvalue weighted by Gasteiger charge is -2.09. The van der Waals surface area contributed by atoms with E-state index in [9.17, 15) is 15.0 Å². The average molecular weight is 328 g/mol. The molecule has 0 radical (unpaired) electrons. The number of phenols is 3. The molecule has 14 heavy (non-hydrogen) atoms.